The molecule has 1 amide bonds. The van der Waals surface area contributed by atoms with Crippen LogP contribution in [0.25, 0.3) is 0 Å². The molecule has 0 aliphatic carbocycles. The Bertz CT molecular complexity index is 1290. The fourth-order valence-electron chi connectivity index (χ4n) is 3.40. The van der Waals surface area contributed by atoms with Crippen molar-refractivity contribution in [3.05, 3.63) is 75.1 Å². The maximum absolute atomic E-state index is 13.1. The Morgan fingerprint density at radius 1 is 1.12 bits per heavy atom. The Labute approximate surface area is 198 Å². The van der Waals surface area contributed by atoms with Crippen LogP contribution in [0.5, 0.6) is 0 Å². The molecule has 4 rings (SSSR count). The second kappa shape index (κ2) is 9.05. The minimum atomic E-state index is -3.74. The van der Waals surface area contributed by atoms with Crippen molar-refractivity contribution >= 4 is 59.9 Å². The lowest BCUT2D eigenvalue weighted by Crippen LogP contribution is -2.29. The van der Waals surface area contributed by atoms with Crippen LogP contribution in [0.2, 0.25) is 0 Å². The molecule has 0 saturated heterocycles. The Morgan fingerprint density at radius 3 is 2.59 bits per heavy atom. The first kappa shape index (κ1) is 22.5. The van der Waals surface area contributed by atoms with Crippen LogP contribution >= 0.6 is 27.3 Å². The van der Waals surface area contributed by atoms with Gasteiger partial charge in [0.2, 0.25) is 0 Å². The second-order valence-corrected chi connectivity index (χ2v) is 10.8. The monoisotopic (exact) mass is 534 g/mol. The number of hydrogen-bond donors (Lipinski definition) is 1. The predicted octanol–water partition coefficient (Wildman–Crippen LogP) is 4.69. The summed E-state index contributed by atoms with van der Waals surface area (Å²) < 4.78 is 33.5. The molecule has 32 heavy (non-hydrogen) atoms. The van der Waals surface area contributed by atoms with Gasteiger partial charge in [0.1, 0.15) is 4.88 Å². The van der Waals surface area contributed by atoms with Crippen molar-refractivity contribution in [1.29, 1.82) is 0 Å². The molecular formula is C22H19BrN2O5S2. The van der Waals surface area contributed by atoms with E-state index in [0.717, 1.165) is 21.4 Å². The van der Waals surface area contributed by atoms with Crippen molar-refractivity contribution < 1.29 is 22.7 Å². The van der Waals surface area contributed by atoms with Gasteiger partial charge in [-0.1, -0.05) is 15.9 Å². The van der Waals surface area contributed by atoms with Gasteiger partial charge in [0.15, 0.2) is 0 Å². The lowest BCUT2D eigenvalue weighted by Gasteiger charge is -2.19. The highest BCUT2D eigenvalue weighted by Crippen LogP contribution is 2.34. The minimum Gasteiger partial charge on any atom is -0.462 e. The maximum Gasteiger partial charge on any atom is 0.348 e. The quantitative estimate of drug-likeness (QED) is 0.463. The molecule has 1 aliphatic rings. The summed E-state index contributed by atoms with van der Waals surface area (Å²) in [6.45, 7) is 2.37. The number of fused-ring (bicyclic) bond motifs is 1. The molecule has 0 unspecified atom stereocenters. The molecule has 1 aliphatic heterocycles. The number of esters is 1. The van der Waals surface area contributed by atoms with E-state index in [-0.39, 0.29) is 11.5 Å². The summed E-state index contributed by atoms with van der Waals surface area (Å²) >= 11 is 4.52. The first-order chi connectivity index (χ1) is 15.3. The Morgan fingerprint density at radius 2 is 1.88 bits per heavy atom. The molecule has 0 bridgehead atoms. The standard InChI is InChI=1S/C22H19BrN2O5S2/c1-2-30-22(27)19-9-10-20(31-19)24-21(26)14-3-6-17(7-4-14)32(28,29)25-12-11-15-13-16(23)5-8-18(15)25/h3-10,13H,2,11-12H2,1H3,(H,24,26). The number of nitrogens with zero attached hydrogens (tertiary/aromatic N) is 1. The van der Waals surface area contributed by atoms with E-state index in [1.165, 1.54) is 28.6 Å². The zero-order chi connectivity index (χ0) is 22.9. The zero-order valence-corrected chi connectivity index (χ0v) is 20.2. The van der Waals surface area contributed by atoms with Crippen molar-refractivity contribution in [3.63, 3.8) is 0 Å². The van der Waals surface area contributed by atoms with Gasteiger partial charge in [0.05, 0.1) is 22.2 Å². The van der Waals surface area contributed by atoms with E-state index in [1.54, 1.807) is 25.1 Å². The Hall–Kier alpha value is -2.69. The number of nitrogens with one attached hydrogen (secondary N) is 1. The zero-order valence-electron chi connectivity index (χ0n) is 17.0. The molecule has 1 N–H and O–H groups in total. The summed E-state index contributed by atoms with van der Waals surface area (Å²) in [5.74, 6) is -0.842. The molecular weight excluding hydrogens is 516 g/mol. The largest absolute Gasteiger partial charge is 0.462 e. The maximum atomic E-state index is 13.1. The SMILES string of the molecule is CCOC(=O)c1ccc(NC(=O)c2ccc(S(=O)(=O)N3CCc4cc(Br)ccc43)cc2)s1. The molecule has 1 aromatic heterocycles. The van der Waals surface area contributed by atoms with Gasteiger partial charge in [-0.25, -0.2) is 13.2 Å². The van der Waals surface area contributed by atoms with Crippen LogP contribution in [0.1, 0.15) is 32.5 Å². The van der Waals surface area contributed by atoms with Gasteiger partial charge >= 0.3 is 5.97 Å². The summed E-state index contributed by atoms with van der Waals surface area (Å²) in [5, 5.41) is 3.21. The molecule has 10 heteroatoms. The number of amides is 1. The van der Waals surface area contributed by atoms with Crippen LogP contribution < -0.4 is 9.62 Å². The van der Waals surface area contributed by atoms with Crippen LogP contribution in [-0.4, -0.2) is 33.4 Å². The highest BCUT2D eigenvalue weighted by molar-refractivity contribution is 9.10. The van der Waals surface area contributed by atoms with Crippen LogP contribution in [-0.2, 0) is 21.2 Å². The third-order valence-electron chi connectivity index (χ3n) is 4.92. The first-order valence-electron chi connectivity index (χ1n) is 9.79. The van der Waals surface area contributed by atoms with Crippen LogP contribution in [0.4, 0.5) is 10.7 Å². The van der Waals surface area contributed by atoms with E-state index in [1.807, 2.05) is 12.1 Å². The normalized spacial score (nSPS) is 13.0. The molecule has 0 radical (unpaired) electrons. The predicted molar refractivity (Wildman–Crippen MR) is 127 cm³/mol. The number of hydrogen-bond acceptors (Lipinski definition) is 6. The van der Waals surface area contributed by atoms with E-state index in [9.17, 15) is 18.0 Å². The molecule has 0 atom stereocenters. The molecule has 2 aromatic carbocycles. The molecule has 0 fully saturated rings. The van der Waals surface area contributed by atoms with Crippen molar-refractivity contribution in [1.82, 2.24) is 0 Å². The number of halogens is 1. The second-order valence-electron chi connectivity index (χ2n) is 6.96. The average molecular weight is 535 g/mol. The minimum absolute atomic E-state index is 0.116. The van der Waals surface area contributed by atoms with E-state index in [2.05, 4.69) is 21.2 Å². The van der Waals surface area contributed by atoms with Gasteiger partial charge in [-0.2, -0.15) is 0 Å². The highest BCUT2D eigenvalue weighted by atomic mass is 79.9. The third kappa shape index (κ3) is 4.43. The fraction of sp³-hybridized carbons (Fsp3) is 0.182. The third-order valence-corrected chi connectivity index (χ3v) is 8.22. The van der Waals surface area contributed by atoms with Gasteiger partial charge in [0.25, 0.3) is 15.9 Å². The first-order valence-corrected chi connectivity index (χ1v) is 12.8. The molecule has 0 saturated carbocycles. The Kier molecular flexibility index (Phi) is 6.36. The lowest BCUT2D eigenvalue weighted by atomic mass is 10.2. The van der Waals surface area contributed by atoms with Crippen molar-refractivity contribution in [2.45, 2.75) is 18.2 Å². The number of ether oxygens (including phenoxy) is 1. The molecule has 0 spiro atoms. The molecule has 2 heterocycles. The van der Waals surface area contributed by atoms with Crippen molar-refractivity contribution in [2.24, 2.45) is 0 Å². The summed E-state index contributed by atoms with van der Waals surface area (Å²) in [7, 11) is -3.74. The summed E-state index contributed by atoms with van der Waals surface area (Å²) in [6.07, 6.45) is 0.642. The summed E-state index contributed by atoms with van der Waals surface area (Å²) in [6, 6.07) is 14.5. The van der Waals surface area contributed by atoms with Gasteiger partial charge in [-0.05, 0) is 73.5 Å². The summed E-state index contributed by atoms with van der Waals surface area (Å²) in [5.41, 5.74) is 1.95. The van der Waals surface area contributed by atoms with Gasteiger partial charge in [0, 0.05) is 16.6 Å². The van der Waals surface area contributed by atoms with E-state index in [4.69, 9.17) is 4.74 Å². The van der Waals surface area contributed by atoms with E-state index in [0.29, 0.717) is 34.1 Å². The number of rotatable bonds is 6. The number of carbonyl (C=O) groups excluding carboxylic acids is 2. The smallest absolute Gasteiger partial charge is 0.348 e. The highest BCUT2D eigenvalue weighted by Gasteiger charge is 2.31. The lowest BCUT2D eigenvalue weighted by molar-refractivity contribution is 0.0532. The topological polar surface area (TPSA) is 92.8 Å². The number of carbonyl (C=O) groups is 2. The molecule has 3 aromatic rings. The summed E-state index contributed by atoms with van der Waals surface area (Å²) in [4.78, 5) is 24.8. The fourth-order valence-corrected chi connectivity index (χ4v) is 6.10. The number of sulfonamides is 1. The molecule has 7 nitrogen and oxygen atoms in total. The van der Waals surface area contributed by atoms with Crippen molar-refractivity contribution in [3.8, 4) is 0 Å². The van der Waals surface area contributed by atoms with Gasteiger partial charge in [-0.15, -0.1) is 11.3 Å². The van der Waals surface area contributed by atoms with Crippen LogP contribution in [0, 0.1) is 0 Å². The molecule has 166 valence electrons. The number of benzene rings is 2. The van der Waals surface area contributed by atoms with Gasteiger partial charge in [-0.3, -0.25) is 9.10 Å². The average Bonchev–Trinajstić information content (AvgIpc) is 3.41. The van der Waals surface area contributed by atoms with Crippen LogP contribution in [0.3, 0.4) is 0 Å². The van der Waals surface area contributed by atoms with E-state index >= 15 is 0 Å². The Balaban J connectivity index is 1.49. The van der Waals surface area contributed by atoms with Crippen LogP contribution in [0.15, 0.2) is 64.0 Å². The van der Waals surface area contributed by atoms with E-state index < -0.39 is 21.9 Å². The number of thiophene rings is 1. The number of anilines is 2. The van der Waals surface area contributed by atoms with Crippen molar-refractivity contribution in [2.75, 3.05) is 22.8 Å². The van der Waals surface area contributed by atoms with Gasteiger partial charge < -0.3 is 10.1 Å².